The highest BCUT2D eigenvalue weighted by Gasteiger charge is 2.59. The van der Waals surface area contributed by atoms with Gasteiger partial charge in [-0.1, -0.05) is 6.07 Å². The third-order valence-electron chi connectivity index (χ3n) is 4.27. The van der Waals surface area contributed by atoms with Crippen molar-refractivity contribution in [2.45, 2.75) is 42.3 Å². The summed E-state index contributed by atoms with van der Waals surface area (Å²) in [6.45, 7) is -0.813. The number of benzene rings is 1. The van der Waals surface area contributed by atoms with E-state index < -0.39 is 34.8 Å². The molecule has 22 heavy (non-hydrogen) atoms. The molecule has 122 valence electrons. The van der Waals surface area contributed by atoms with Crippen LogP contribution in [-0.2, 0) is 27.6 Å². The fourth-order valence-corrected chi connectivity index (χ4v) is 4.41. The van der Waals surface area contributed by atoms with E-state index in [2.05, 4.69) is 0 Å². The van der Waals surface area contributed by atoms with Gasteiger partial charge in [0, 0.05) is 13.0 Å². The van der Waals surface area contributed by atoms with E-state index in [0.29, 0.717) is 0 Å². The predicted octanol–water partition coefficient (Wildman–Crippen LogP) is 2.17. The van der Waals surface area contributed by atoms with Gasteiger partial charge in [-0.3, -0.25) is 0 Å². The lowest BCUT2D eigenvalue weighted by molar-refractivity contribution is -0.189. The van der Waals surface area contributed by atoms with Crippen LogP contribution in [0.4, 0.5) is 13.2 Å². The van der Waals surface area contributed by atoms with Gasteiger partial charge in [0.1, 0.15) is 0 Å². The molecule has 0 saturated carbocycles. The van der Waals surface area contributed by atoms with E-state index in [4.69, 9.17) is 4.74 Å². The van der Waals surface area contributed by atoms with Crippen LogP contribution in [0.15, 0.2) is 23.1 Å². The fraction of sp³-hybridized carbons (Fsp3) is 0.571. The first-order valence-corrected chi connectivity index (χ1v) is 8.52. The maximum atomic E-state index is 13.3. The Labute approximate surface area is 126 Å². The Morgan fingerprint density at radius 3 is 2.55 bits per heavy atom. The zero-order valence-corrected chi connectivity index (χ0v) is 12.6. The van der Waals surface area contributed by atoms with Crippen molar-refractivity contribution in [3.05, 3.63) is 29.3 Å². The molecule has 0 radical (unpaired) electrons. The van der Waals surface area contributed by atoms with E-state index >= 15 is 0 Å². The maximum absolute atomic E-state index is 13.3. The standard InChI is InChI=1S/C14H16F3NO3S/c15-14(16,17)13(6-7-21-9-13)18-22(19,20)12-5-4-10-2-1-3-11(10)8-12/h4-5,8,18H,1-3,6-7,9H2. The van der Waals surface area contributed by atoms with Crippen LogP contribution in [0.25, 0.3) is 0 Å². The molecule has 1 heterocycles. The molecule has 0 bridgehead atoms. The first kappa shape index (κ1) is 15.8. The molecule has 1 aliphatic carbocycles. The van der Waals surface area contributed by atoms with Gasteiger partial charge in [0.2, 0.25) is 10.0 Å². The lowest BCUT2D eigenvalue weighted by Gasteiger charge is -2.30. The molecule has 1 unspecified atom stereocenters. The van der Waals surface area contributed by atoms with E-state index in [1.54, 1.807) is 6.07 Å². The summed E-state index contributed by atoms with van der Waals surface area (Å²) < 4.78 is 71.2. The Morgan fingerprint density at radius 2 is 1.91 bits per heavy atom. The van der Waals surface area contributed by atoms with E-state index in [-0.39, 0.29) is 11.5 Å². The number of rotatable bonds is 3. The smallest absolute Gasteiger partial charge is 0.379 e. The van der Waals surface area contributed by atoms with Crippen LogP contribution in [0.5, 0.6) is 0 Å². The van der Waals surface area contributed by atoms with Crippen molar-refractivity contribution in [3.8, 4) is 0 Å². The first-order valence-electron chi connectivity index (χ1n) is 7.04. The second-order valence-corrected chi connectivity index (χ2v) is 7.45. The summed E-state index contributed by atoms with van der Waals surface area (Å²) in [5.41, 5.74) is -0.578. The van der Waals surface area contributed by atoms with Crippen molar-refractivity contribution in [2.24, 2.45) is 0 Å². The Hall–Kier alpha value is -1.12. The Kier molecular flexibility index (Phi) is 3.73. The average molecular weight is 335 g/mol. The van der Waals surface area contributed by atoms with Crippen LogP contribution >= 0.6 is 0 Å². The quantitative estimate of drug-likeness (QED) is 0.921. The molecule has 0 amide bonds. The lowest BCUT2D eigenvalue weighted by Crippen LogP contribution is -2.59. The minimum atomic E-state index is -4.70. The molecule has 1 aromatic carbocycles. The normalized spacial score (nSPS) is 25.4. The molecular formula is C14H16F3NO3S. The molecule has 2 aliphatic rings. The Bertz CT molecular complexity index is 679. The number of alkyl halides is 3. The molecule has 0 aromatic heterocycles. The maximum Gasteiger partial charge on any atom is 0.409 e. The van der Waals surface area contributed by atoms with Gasteiger partial charge in [0.25, 0.3) is 0 Å². The van der Waals surface area contributed by atoms with Gasteiger partial charge in [-0.05, 0) is 42.5 Å². The van der Waals surface area contributed by atoms with Gasteiger partial charge in [0.15, 0.2) is 5.54 Å². The molecule has 1 fully saturated rings. The monoisotopic (exact) mass is 335 g/mol. The van der Waals surface area contributed by atoms with Crippen LogP contribution < -0.4 is 4.72 Å². The van der Waals surface area contributed by atoms with Crippen LogP contribution in [0.2, 0.25) is 0 Å². The zero-order chi connectivity index (χ0) is 16.0. The second-order valence-electron chi connectivity index (χ2n) is 5.77. The van der Waals surface area contributed by atoms with Gasteiger partial charge >= 0.3 is 6.18 Å². The third kappa shape index (κ3) is 2.63. The minimum Gasteiger partial charge on any atom is -0.379 e. The van der Waals surface area contributed by atoms with Crippen LogP contribution in [0, 0.1) is 0 Å². The summed E-state index contributed by atoms with van der Waals surface area (Å²) in [6.07, 6.45) is -2.55. The lowest BCUT2D eigenvalue weighted by atomic mass is 10.0. The SMILES string of the molecule is O=S(=O)(NC1(C(F)(F)F)CCOC1)c1ccc2c(c1)CCC2. The van der Waals surface area contributed by atoms with Gasteiger partial charge < -0.3 is 4.74 Å². The van der Waals surface area contributed by atoms with E-state index in [9.17, 15) is 21.6 Å². The summed E-state index contributed by atoms with van der Waals surface area (Å²) in [4.78, 5) is -0.122. The predicted molar refractivity (Wildman–Crippen MR) is 73.0 cm³/mol. The zero-order valence-electron chi connectivity index (χ0n) is 11.7. The van der Waals surface area contributed by atoms with Crippen molar-refractivity contribution in [3.63, 3.8) is 0 Å². The highest BCUT2D eigenvalue weighted by atomic mass is 32.2. The Morgan fingerprint density at radius 1 is 1.18 bits per heavy atom. The number of hydrogen-bond donors (Lipinski definition) is 1. The number of ether oxygens (including phenoxy) is 1. The van der Waals surface area contributed by atoms with Gasteiger partial charge in [0.05, 0.1) is 11.5 Å². The molecule has 4 nitrogen and oxygen atoms in total. The Balaban J connectivity index is 1.93. The highest BCUT2D eigenvalue weighted by molar-refractivity contribution is 7.89. The van der Waals surface area contributed by atoms with Crippen molar-refractivity contribution in [1.29, 1.82) is 0 Å². The molecule has 1 atom stereocenters. The summed E-state index contributed by atoms with van der Waals surface area (Å²) in [6, 6.07) is 4.53. The summed E-state index contributed by atoms with van der Waals surface area (Å²) >= 11 is 0. The van der Waals surface area contributed by atoms with Crippen LogP contribution in [-0.4, -0.2) is 33.3 Å². The van der Waals surface area contributed by atoms with Crippen LogP contribution in [0.3, 0.4) is 0 Å². The molecule has 1 aliphatic heterocycles. The number of halogens is 3. The molecule has 1 aromatic rings. The van der Waals surface area contributed by atoms with Gasteiger partial charge in [-0.25, -0.2) is 8.42 Å². The van der Waals surface area contributed by atoms with E-state index in [1.807, 2.05) is 4.72 Å². The van der Waals surface area contributed by atoms with Crippen LogP contribution in [0.1, 0.15) is 24.0 Å². The van der Waals surface area contributed by atoms with Gasteiger partial charge in [-0.2, -0.15) is 17.9 Å². The number of fused-ring (bicyclic) bond motifs is 1. The largest absolute Gasteiger partial charge is 0.409 e. The number of hydrogen-bond acceptors (Lipinski definition) is 3. The molecule has 1 saturated heterocycles. The highest BCUT2D eigenvalue weighted by Crippen LogP contribution is 2.38. The van der Waals surface area contributed by atoms with Crippen molar-refractivity contribution < 1.29 is 26.3 Å². The first-order chi connectivity index (χ1) is 10.2. The molecule has 1 N–H and O–H groups in total. The topological polar surface area (TPSA) is 55.4 Å². The molecule has 3 rings (SSSR count). The number of nitrogens with one attached hydrogen (secondary N) is 1. The van der Waals surface area contributed by atoms with Crippen molar-refractivity contribution in [2.75, 3.05) is 13.2 Å². The fourth-order valence-electron chi connectivity index (χ4n) is 2.96. The number of aryl methyl sites for hydroxylation is 2. The molecular weight excluding hydrogens is 319 g/mol. The average Bonchev–Trinajstić information content (AvgIpc) is 3.05. The summed E-state index contributed by atoms with van der Waals surface area (Å²) in [5.74, 6) is 0. The minimum absolute atomic E-state index is 0.119. The van der Waals surface area contributed by atoms with Crippen molar-refractivity contribution in [1.82, 2.24) is 4.72 Å². The summed E-state index contributed by atoms with van der Waals surface area (Å²) in [7, 11) is -4.26. The summed E-state index contributed by atoms with van der Waals surface area (Å²) in [5, 5.41) is 0. The third-order valence-corrected chi connectivity index (χ3v) is 5.81. The molecule has 0 spiro atoms. The van der Waals surface area contributed by atoms with Crippen molar-refractivity contribution >= 4 is 10.0 Å². The van der Waals surface area contributed by atoms with E-state index in [1.165, 1.54) is 12.1 Å². The van der Waals surface area contributed by atoms with Gasteiger partial charge in [-0.15, -0.1) is 0 Å². The van der Waals surface area contributed by atoms with E-state index in [0.717, 1.165) is 30.4 Å². The number of sulfonamides is 1. The second kappa shape index (κ2) is 5.21. The molecule has 8 heteroatoms.